The van der Waals surface area contributed by atoms with Crippen molar-refractivity contribution in [3.05, 3.63) is 46.2 Å². The number of hydrogen-bond acceptors (Lipinski definition) is 3. The molecule has 0 bridgehead atoms. The lowest BCUT2D eigenvalue weighted by atomic mass is 10.0. The molecule has 0 amide bonds. The molecule has 2 rings (SSSR count). The lowest BCUT2D eigenvalue weighted by molar-refractivity contribution is 0.175. The van der Waals surface area contributed by atoms with Crippen LogP contribution in [0.4, 0.5) is 0 Å². The van der Waals surface area contributed by atoms with Gasteiger partial charge in [-0.25, -0.2) is 0 Å². The number of aliphatic hydroxyl groups excluding tert-OH is 1. The third-order valence-electron chi connectivity index (χ3n) is 3.37. The first-order valence-electron chi connectivity index (χ1n) is 6.59. The van der Waals surface area contributed by atoms with E-state index in [0.717, 1.165) is 29.1 Å². The van der Waals surface area contributed by atoms with Crippen molar-refractivity contribution in [1.82, 2.24) is 9.78 Å². The molecule has 1 aromatic carbocycles. The topological polar surface area (TPSA) is 47.3 Å². The van der Waals surface area contributed by atoms with Crippen molar-refractivity contribution in [2.75, 3.05) is 7.11 Å². The Morgan fingerprint density at radius 1 is 1.45 bits per heavy atom. The summed E-state index contributed by atoms with van der Waals surface area (Å²) in [5.41, 5.74) is 2.51. The first-order chi connectivity index (χ1) is 9.56. The molecule has 0 aliphatic carbocycles. The van der Waals surface area contributed by atoms with Crippen LogP contribution in [0, 0.1) is 0 Å². The van der Waals surface area contributed by atoms with Gasteiger partial charge >= 0.3 is 0 Å². The first-order valence-corrected chi connectivity index (χ1v) is 6.96. The highest BCUT2D eigenvalue weighted by molar-refractivity contribution is 6.31. The van der Waals surface area contributed by atoms with Gasteiger partial charge in [0.05, 0.1) is 29.6 Å². The van der Waals surface area contributed by atoms with Crippen LogP contribution in [-0.4, -0.2) is 22.0 Å². The van der Waals surface area contributed by atoms with Crippen molar-refractivity contribution in [1.29, 1.82) is 0 Å². The van der Waals surface area contributed by atoms with Crippen molar-refractivity contribution in [2.24, 2.45) is 7.05 Å². The van der Waals surface area contributed by atoms with Gasteiger partial charge in [0.15, 0.2) is 0 Å². The Bertz CT molecular complexity index is 596. The molecule has 1 atom stereocenters. The summed E-state index contributed by atoms with van der Waals surface area (Å²) in [5, 5.41) is 15.4. The maximum absolute atomic E-state index is 10.4. The second-order valence-electron chi connectivity index (χ2n) is 4.68. The Labute approximate surface area is 123 Å². The highest BCUT2D eigenvalue weighted by atomic mass is 35.5. The maximum atomic E-state index is 10.4. The largest absolute Gasteiger partial charge is 0.497 e. The summed E-state index contributed by atoms with van der Waals surface area (Å²) in [6.07, 6.45) is 0.569. The standard InChI is InChI=1S/C15H19ClN2O2/c1-4-12-15(16)13(18(2)17-12)9-14(19)10-6-5-7-11(8-10)20-3/h5-8,14,19H,4,9H2,1-3H3. The summed E-state index contributed by atoms with van der Waals surface area (Å²) < 4.78 is 6.91. The van der Waals surface area contributed by atoms with E-state index in [2.05, 4.69) is 5.10 Å². The number of hydrogen-bond donors (Lipinski definition) is 1. The summed E-state index contributed by atoms with van der Waals surface area (Å²) in [6.45, 7) is 2.01. The van der Waals surface area contributed by atoms with Gasteiger partial charge in [0.25, 0.3) is 0 Å². The highest BCUT2D eigenvalue weighted by Crippen LogP contribution is 2.27. The smallest absolute Gasteiger partial charge is 0.119 e. The number of halogens is 1. The Balaban J connectivity index is 2.23. The van der Waals surface area contributed by atoms with E-state index in [9.17, 15) is 5.11 Å². The van der Waals surface area contributed by atoms with Gasteiger partial charge in [-0.3, -0.25) is 4.68 Å². The molecule has 2 aromatic rings. The fourth-order valence-electron chi connectivity index (χ4n) is 2.19. The average molecular weight is 295 g/mol. The minimum atomic E-state index is -0.636. The second kappa shape index (κ2) is 6.29. The molecule has 1 N–H and O–H groups in total. The van der Waals surface area contributed by atoms with Crippen LogP contribution < -0.4 is 4.74 Å². The molecule has 0 spiro atoms. The lowest BCUT2D eigenvalue weighted by Gasteiger charge is -2.12. The van der Waals surface area contributed by atoms with E-state index in [1.165, 1.54) is 0 Å². The quantitative estimate of drug-likeness (QED) is 0.922. The summed E-state index contributed by atoms with van der Waals surface area (Å²) >= 11 is 6.30. The molecule has 5 heteroatoms. The Kier molecular flexibility index (Phi) is 4.68. The van der Waals surface area contributed by atoms with Gasteiger partial charge in [0.1, 0.15) is 5.75 Å². The van der Waals surface area contributed by atoms with Crippen LogP contribution in [0.25, 0.3) is 0 Å². The summed E-state index contributed by atoms with van der Waals surface area (Å²) in [4.78, 5) is 0. The monoisotopic (exact) mass is 294 g/mol. The van der Waals surface area contributed by atoms with Crippen molar-refractivity contribution in [3.8, 4) is 5.75 Å². The van der Waals surface area contributed by atoms with Crippen LogP contribution in [-0.2, 0) is 19.9 Å². The SMILES string of the molecule is CCc1nn(C)c(CC(O)c2cccc(OC)c2)c1Cl. The van der Waals surface area contributed by atoms with E-state index < -0.39 is 6.10 Å². The van der Waals surface area contributed by atoms with E-state index in [0.29, 0.717) is 11.4 Å². The number of benzene rings is 1. The average Bonchev–Trinajstić information content (AvgIpc) is 2.74. The molecule has 0 aliphatic heterocycles. The summed E-state index contributed by atoms with van der Waals surface area (Å²) in [7, 11) is 3.45. The second-order valence-corrected chi connectivity index (χ2v) is 5.06. The number of aromatic nitrogens is 2. The van der Waals surface area contributed by atoms with Crippen LogP contribution in [0.3, 0.4) is 0 Å². The third kappa shape index (κ3) is 2.97. The summed E-state index contributed by atoms with van der Waals surface area (Å²) in [5.74, 6) is 0.729. The highest BCUT2D eigenvalue weighted by Gasteiger charge is 2.18. The molecule has 0 saturated heterocycles. The van der Waals surface area contributed by atoms with Gasteiger partial charge < -0.3 is 9.84 Å². The normalized spacial score (nSPS) is 12.4. The Hall–Kier alpha value is -1.52. The zero-order chi connectivity index (χ0) is 14.7. The van der Waals surface area contributed by atoms with E-state index >= 15 is 0 Å². The van der Waals surface area contributed by atoms with Crippen LogP contribution >= 0.6 is 11.6 Å². The minimum Gasteiger partial charge on any atom is -0.497 e. The number of nitrogens with zero attached hydrogens (tertiary/aromatic N) is 2. The van der Waals surface area contributed by atoms with Gasteiger partial charge in [-0.1, -0.05) is 30.7 Å². The van der Waals surface area contributed by atoms with Gasteiger partial charge in [-0.2, -0.15) is 5.10 Å². The van der Waals surface area contributed by atoms with Crippen molar-refractivity contribution in [3.63, 3.8) is 0 Å². The van der Waals surface area contributed by atoms with Crippen LogP contribution in [0.15, 0.2) is 24.3 Å². The predicted molar refractivity (Wildman–Crippen MR) is 79.3 cm³/mol. The van der Waals surface area contributed by atoms with Crippen LogP contribution in [0.5, 0.6) is 5.75 Å². The number of aliphatic hydroxyl groups is 1. The zero-order valence-corrected chi connectivity index (χ0v) is 12.7. The molecule has 4 nitrogen and oxygen atoms in total. The molecule has 0 fully saturated rings. The van der Waals surface area contributed by atoms with E-state index in [-0.39, 0.29) is 0 Å². The number of ether oxygens (including phenoxy) is 1. The zero-order valence-electron chi connectivity index (χ0n) is 11.9. The fourth-order valence-corrected chi connectivity index (χ4v) is 2.56. The van der Waals surface area contributed by atoms with Crippen molar-refractivity contribution >= 4 is 11.6 Å². The van der Waals surface area contributed by atoms with Gasteiger partial charge in [-0.05, 0) is 24.1 Å². The molecule has 1 unspecified atom stereocenters. The van der Waals surface area contributed by atoms with Crippen molar-refractivity contribution in [2.45, 2.75) is 25.9 Å². The summed E-state index contributed by atoms with van der Waals surface area (Å²) in [6, 6.07) is 7.41. The first kappa shape index (κ1) is 14.9. The Morgan fingerprint density at radius 2 is 2.20 bits per heavy atom. The molecule has 1 heterocycles. The van der Waals surface area contributed by atoms with Gasteiger partial charge in [0.2, 0.25) is 0 Å². The molecule has 1 aromatic heterocycles. The number of rotatable bonds is 5. The molecular weight excluding hydrogens is 276 g/mol. The fraction of sp³-hybridized carbons (Fsp3) is 0.400. The van der Waals surface area contributed by atoms with Gasteiger partial charge in [-0.15, -0.1) is 0 Å². The molecule has 20 heavy (non-hydrogen) atoms. The van der Waals surface area contributed by atoms with E-state index in [4.69, 9.17) is 16.3 Å². The van der Waals surface area contributed by atoms with E-state index in [1.54, 1.807) is 11.8 Å². The molecule has 108 valence electrons. The third-order valence-corrected chi connectivity index (χ3v) is 3.80. The van der Waals surface area contributed by atoms with Crippen LogP contribution in [0.1, 0.15) is 30.0 Å². The minimum absolute atomic E-state index is 0.426. The lowest BCUT2D eigenvalue weighted by Crippen LogP contribution is -2.07. The van der Waals surface area contributed by atoms with Crippen molar-refractivity contribution < 1.29 is 9.84 Å². The van der Waals surface area contributed by atoms with Gasteiger partial charge in [0, 0.05) is 13.5 Å². The molecule has 0 saturated carbocycles. The molecular formula is C15H19ClN2O2. The maximum Gasteiger partial charge on any atom is 0.119 e. The van der Waals surface area contributed by atoms with Crippen LogP contribution in [0.2, 0.25) is 5.02 Å². The van der Waals surface area contributed by atoms with E-state index in [1.807, 2.05) is 38.2 Å². The number of aryl methyl sites for hydroxylation is 2. The Morgan fingerprint density at radius 3 is 2.80 bits per heavy atom. The molecule has 0 radical (unpaired) electrons. The predicted octanol–water partition coefficient (Wildman–Crippen LogP) is 2.92. The molecule has 0 aliphatic rings. The number of methoxy groups -OCH3 is 1.